The monoisotopic (exact) mass is 277 g/mol. The highest BCUT2D eigenvalue weighted by molar-refractivity contribution is 6.30. The van der Waals surface area contributed by atoms with Crippen LogP contribution in [0.5, 0.6) is 0 Å². The van der Waals surface area contributed by atoms with Gasteiger partial charge in [0, 0.05) is 12.2 Å². The van der Waals surface area contributed by atoms with Crippen LogP contribution in [-0.4, -0.2) is 0 Å². The number of benzene rings is 2. The Kier molecular flexibility index (Phi) is 4.11. The van der Waals surface area contributed by atoms with Crippen LogP contribution in [-0.2, 0) is 6.54 Å². The van der Waals surface area contributed by atoms with Crippen molar-refractivity contribution in [2.75, 3.05) is 5.32 Å². The van der Waals surface area contributed by atoms with E-state index in [0.717, 1.165) is 5.69 Å². The second kappa shape index (κ2) is 5.62. The fraction of sp³-hybridized carbons (Fsp3) is 0.250. The van der Waals surface area contributed by atoms with Gasteiger partial charge in [-0.1, -0.05) is 23.7 Å². The molecule has 2 rings (SSSR count). The average Bonchev–Trinajstić information content (AvgIpc) is 2.36. The summed E-state index contributed by atoms with van der Waals surface area (Å²) in [5.41, 5.74) is 5.76. The normalized spacial score (nSPS) is 10.6. The minimum Gasteiger partial charge on any atom is -0.381 e. The Labute approximate surface area is 118 Å². The highest BCUT2D eigenvalue weighted by Gasteiger charge is 2.04. The summed E-state index contributed by atoms with van der Waals surface area (Å²) in [6.07, 6.45) is 0. The molecule has 0 saturated heterocycles. The van der Waals surface area contributed by atoms with Crippen molar-refractivity contribution in [1.29, 1.82) is 0 Å². The molecule has 2 aromatic rings. The number of nitrogens with one attached hydrogen (secondary N) is 1. The van der Waals surface area contributed by atoms with Gasteiger partial charge in [0.05, 0.1) is 5.02 Å². The van der Waals surface area contributed by atoms with E-state index in [9.17, 15) is 4.39 Å². The number of hydrogen-bond acceptors (Lipinski definition) is 1. The Morgan fingerprint density at radius 1 is 1.00 bits per heavy atom. The first kappa shape index (κ1) is 13.9. The van der Waals surface area contributed by atoms with Gasteiger partial charge in [-0.25, -0.2) is 4.39 Å². The molecule has 0 amide bonds. The molecule has 0 saturated carbocycles. The van der Waals surface area contributed by atoms with Crippen LogP contribution in [0.25, 0.3) is 0 Å². The van der Waals surface area contributed by atoms with Gasteiger partial charge in [-0.05, 0) is 61.2 Å². The van der Waals surface area contributed by atoms with Crippen molar-refractivity contribution >= 4 is 17.3 Å². The molecule has 0 aliphatic heterocycles. The summed E-state index contributed by atoms with van der Waals surface area (Å²) in [6.45, 7) is 6.97. The van der Waals surface area contributed by atoms with Crippen molar-refractivity contribution in [2.24, 2.45) is 0 Å². The third-order valence-electron chi connectivity index (χ3n) is 3.35. The van der Waals surface area contributed by atoms with Crippen LogP contribution < -0.4 is 5.32 Å². The van der Waals surface area contributed by atoms with Gasteiger partial charge in [0.15, 0.2) is 0 Å². The molecular weight excluding hydrogens is 261 g/mol. The minimum atomic E-state index is -0.400. The smallest absolute Gasteiger partial charge is 0.143 e. The average molecular weight is 278 g/mol. The highest BCUT2D eigenvalue weighted by Crippen LogP contribution is 2.20. The third kappa shape index (κ3) is 3.27. The summed E-state index contributed by atoms with van der Waals surface area (Å²) in [5.74, 6) is -0.400. The molecular formula is C16H17ClFN. The van der Waals surface area contributed by atoms with Gasteiger partial charge in [0.25, 0.3) is 0 Å². The fourth-order valence-electron chi connectivity index (χ4n) is 2.01. The number of rotatable bonds is 3. The van der Waals surface area contributed by atoms with Gasteiger partial charge >= 0.3 is 0 Å². The van der Waals surface area contributed by atoms with Crippen LogP contribution in [0.2, 0.25) is 5.02 Å². The summed E-state index contributed by atoms with van der Waals surface area (Å²) in [5, 5.41) is 3.36. The zero-order chi connectivity index (χ0) is 14.0. The molecule has 0 fully saturated rings. The van der Waals surface area contributed by atoms with Gasteiger partial charge in [-0.3, -0.25) is 0 Å². The maximum absolute atomic E-state index is 13.3. The summed E-state index contributed by atoms with van der Waals surface area (Å²) < 4.78 is 13.3. The summed E-state index contributed by atoms with van der Waals surface area (Å²) in [7, 11) is 0. The van der Waals surface area contributed by atoms with Crippen molar-refractivity contribution in [3.63, 3.8) is 0 Å². The Balaban J connectivity index is 2.14. The van der Waals surface area contributed by atoms with E-state index in [1.807, 2.05) is 0 Å². The van der Waals surface area contributed by atoms with Gasteiger partial charge in [-0.2, -0.15) is 0 Å². The molecule has 1 nitrogen and oxygen atoms in total. The Morgan fingerprint density at radius 3 is 2.37 bits per heavy atom. The standard InChI is InChI=1S/C16H17ClFN/c1-10-6-12(3)13(7-11(10)2)9-19-14-4-5-15(17)16(18)8-14/h4-8,19H,9H2,1-3H3. The van der Waals surface area contributed by atoms with Crippen LogP contribution >= 0.6 is 11.6 Å². The zero-order valence-corrected chi connectivity index (χ0v) is 12.1. The van der Waals surface area contributed by atoms with Crippen molar-refractivity contribution in [1.82, 2.24) is 0 Å². The Morgan fingerprint density at radius 2 is 1.68 bits per heavy atom. The lowest BCUT2D eigenvalue weighted by Crippen LogP contribution is -2.02. The topological polar surface area (TPSA) is 12.0 Å². The number of anilines is 1. The van der Waals surface area contributed by atoms with Gasteiger partial charge < -0.3 is 5.32 Å². The minimum absolute atomic E-state index is 0.146. The molecule has 2 aromatic carbocycles. The predicted octanol–water partition coefficient (Wildman–Crippen LogP) is 5.02. The number of halogens is 2. The second-order valence-electron chi connectivity index (χ2n) is 4.85. The van der Waals surface area contributed by atoms with Crippen molar-refractivity contribution in [3.05, 3.63) is 63.4 Å². The zero-order valence-electron chi connectivity index (χ0n) is 11.3. The van der Waals surface area contributed by atoms with Gasteiger partial charge in [0.1, 0.15) is 5.82 Å². The summed E-state index contributed by atoms with van der Waals surface area (Å²) in [4.78, 5) is 0. The van der Waals surface area contributed by atoms with E-state index in [1.54, 1.807) is 12.1 Å². The third-order valence-corrected chi connectivity index (χ3v) is 3.66. The molecule has 100 valence electrons. The van der Waals surface area contributed by atoms with E-state index < -0.39 is 5.82 Å². The molecule has 3 heteroatoms. The van der Waals surface area contributed by atoms with Gasteiger partial charge in [0.2, 0.25) is 0 Å². The maximum atomic E-state index is 13.3. The van der Waals surface area contributed by atoms with Crippen LogP contribution in [0, 0.1) is 26.6 Å². The predicted molar refractivity (Wildman–Crippen MR) is 79.4 cm³/mol. The van der Waals surface area contributed by atoms with Crippen LogP contribution in [0.4, 0.5) is 10.1 Å². The Hall–Kier alpha value is -1.54. The molecule has 0 heterocycles. The highest BCUT2D eigenvalue weighted by atomic mass is 35.5. The second-order valence-corrected chi connectivity index (χ2v) is 5.25. The summed E-state index contributed by atoms with van der Waals surface area (Å²) >= 11 is 5.66. The largest absolute Gasteiger partial charge is 0.381 e. The molecule has 0 atom stereocenters. The number of hydrogen-bond donors (Lipinski definition) is 1. The van der Waals surface area contributed by atoms with Crippen molar-refractivity contribution in [2.45, 2.75) is 27.3 Å². The first-order valence-electron chi connectivity index (χ1n) is 6.23. The van der Waals surface area contributed by atoms with Crippen LogP contribution in [0.1, 0.15) is 22.3 Å². The quantitative estimate of drug-likeness (QED) is 0.831. The van der Waals surface area contributed by atoms with E-state index in [-0.39, 0.29) is 5.02 Å². The molecule has 0 aromatic heterocycles. The van der Waals surface area contributed by atoms with E-state index in [2.05, 4.69) is 38.2 Å². The molecule has 0 aliphatic rings. The molecule has 0 radical (unpaired) electrons. The SMILES string of the molecule is Cc1cc(C)c(CNc2ccc(Cl)c(F)c2)cc1C. The first-order valence-corrected chi connectivity index (χ1v) is 6.61. The van der Waals surface area contributed by atoms with E-state index in [0.29, 0.717) is 6.54 Å². The van der Waals surface area contributed by atoms with E-state index in [4.69, 9.17) is 11.6 Å². The maximum Gasteiger partial charge on any atom is 0.143 e. The molecule has 0 bridgehead atoms. The van der Waals surface area contributed by atoms with Gasteiger partial charge in [-0.15, -0.1) is 0 Å². The van der Waals surface area contributed by atoms with Crippen LogP contribution in [0.3, 0.4) is 0 Å². The van der Waals surface area contributed by atoms with Crippen molar-refractivity contribution < 1.29 is 4.39 Å². The van der Waals surface area contributed by atoms with Crippen LogP contribution in [0.15, 0.2) is 30.3 Å². The summed E-state index contributed by atoms with van der Waals surface area (Å²) in [6, 6.07) is 9.10. The molecule has 1 N–H and O–H groups in total. The molecule has 0 unspecified atom stereocenters. The molecule has 19 heavy (non-hydrogen) atoms. The fourth-order valence-corrected chi connectivity index (χ4v) is 2.13. The lowest BCUT2D eigenvalue weighted by molar-refractivity contribution is 0.628. The lowest BCUT2D eigenvalue weighted by atomic mass is 10.0. The Bertz CT molecular complexity index is 608. The van der Waals surface area contributed by atoms with Crippen molar-refractivity contribution in [3.8, 4) is 0 Å². The molecule has 0 spiro atoms. The van der Waals surface area contributed by atoms with E-state index >= 15 is 0 Å². The lowest BCUT2D eigenvalue weighted by Gasteiger charge is -2.12. The van der Waals surface area contributed by atoms with E-state index in [1.165, 1.54) is 28.3 Å². The first-order chi connectivity index (χ1) is 8.97. The molecule has 0 aliphatic carbocycles. The number of aryl methyl sites for hydroxylation is 3.